The highest BCUT2D eigenvalue weighted by atomic mass is 79.9. The third kappa shape index (κ3) is 4.03. The van der Waals surface area contributed by atoms with Crippen molar-refractivity contribution in [2.75, 3.05) is 11.9 Å². The number of carbonyl (C=O) groups excluding carboxylic acids is 1. The Kier molecular flexibility index (Phi) is 5.88. The molecule has 0 bridgehead atoms. The second kappa shape index (κ2) is 7.67. The Morgan fingerprint density at radius 2 is 2.27 bits per heavy atom. The van der Waals surface area contributed by atoms with Crippen LogP contribution in [0.3, 0.4) is 0 Å². The number of hydrogen-bond donors (Lipinski definition) is 2. The van der Waals surface area contributed by atoms with E-state index in [1.54, 1.807) is 31.2 Å². The number of halogens is 2. The predicted molar refractivity (Wildman–Crippen MR) is 86.8 cm³/mol. The zero-order valence-corrected chi connectivity index (χ0v) is 14.1. The van der Waals surface area contributed by atoms with Crippen molar-refractivity contribution in [2.45, 2.75) is 19.6 Å². The molecule has 0 radical (unpaired) electrons. The number of benzene rings is 1. The van der Waals surface area contributed by atoms with Crippen molar-refractivity contribution in [1.29, 1.82) is 0 Å². The fourth-order valence-corrected chi connectivity index (χ4v) is 2.59. The largest absolute Gasteiger partial charge is 0.466 e. The lowest BCUT2D eigenvalue weighted by atomic mass is 10.2. The minimum atomic E-state index is -0.848. The van der Waals surface area contributed by atoms with Crippen molar-refractivity contribution >= 4 is 39.2 Å². The number of hydrogen-bond acceptors (Lipinski definition) is 5. The molecule has 0 saturated carbocycles. The Labute approximate surface area is 141 Å². The van der Waals surface area contributed by atoms with Crippen LogP contribution in [-0.2, 0) is 16.1 Å². The molecule has 7 heteroatoms. The normalized spacial score (nSPS) is 12.0. The van der Waals surface area contributed by atoms with E-state index in [0.717, 1.165) is 4.47 Å². The predicted octanol–water partition coefficient (Wildman–Crippen LogP) is 3.90. The minimum Gasteiger partial charge on any atom is -0.466 e. The fraction of sp³-hybridized carbons (Fsp3) is 0.267. The van der Waals surface area contributed by atoms with Crippen LogP contribution < -0.4 is 5.32 Å². The summed E-state index contributed by atoms with van der Waals surface area (Å²) >= 11 is 9.48. The smallest absolute Gasteiger partial charge is 0.336 e. The molecule has 118 valence electrons. The highest BCUT2D eigenvalue weighted by Gasteiger charge is 2.26. The SMILES string of the molecule is CCOC(=O)C(Nc1ccc(Br)cc1Cl)c1cc(CO)co1. The molecular formula is C15H15BrClNO4. The topological polar surface area (TPSA) is 71.7 Å². The number of aliphatic hydroxyl groups is 1. The maximum atomic E-state index is 12.2. The number of anilines is 1. The Hall–Kier alpha value is -1.50. The monoisotopic (exact) mass is 387 g/mol. The molecule has 0 aliphatic carbocycles. The van der Waals surface area contributed by atoms with Gasteiger partial charge in [0, 0.05) is 10.0 Å². The lowest BCUT2D eigenvalue weighted by Crippen LogP contribution is -2.23. The number of nitrogens with one attached hydrogen (secondary N) is 1. The maximum absolute atomic E-state index is 12.2. The highest BCUT2D eigenvalue weighted by molar-refractivity contribution is 9.10. The first kappa shape index (κ1) is 16.9. The summed E-state index contributed by atoms with van der Waals surface area (Å²) in [7, 11) is 0. The number of aliphatic hydroxyl groups excluding tert-OH is 1. The average molecular weight is 389 g/mol. The van der Waals surface area contributed by atoms with E-state index in [2.05, 4.69) is 21.2 Å². The summed E-state index contributed by atoms with van der Waals surface area (Å²) in [5.41, 5.74) is 1.15. The van der Waals surface area contributed by atoms with Crippen LogP contribution in [0.1, 0.15) is 24.3 Å². The van der Waals surface area contributed by atoms with Gasteiger partial charge in [-0.1, -0.05) is 27.5 Å². The van der Waals surface area contributed by atoms with Gasteiger partial charge in [-0.15, -0.1) is 0 Å². The first-order chi connectivity index (χ1) is 10.5. The molecule has 2 aromatic rings. The molecule has 0 aliphatic rings. The molecule has 0 fully saturated rings. The molecule has 0 aliphatic heterocycles. The van der Waals surface area contributed by atoms with E-state index in [4.69, 9.17) is 25.9 Å². The van der Waals surface area contributed by atoms with E-state index in [-0.39, 0.29) is 13.2 Å². The van der Waals surface area contributed by atoms with Crippen LogP contribution >= 0.6 is 27.5 Å². The Morgan fingerprint density at radius 3 is 2.86 bits per heavy atom. The average Bonchev–Trinajstić information content (AvgIpc) is 2.95. The van der Waals surface area contributed by atoms with Crippen LogP contribution in [0.2, 0.25) is 5.02 Å². The Morgan fingerprint density at radius 1 is 1.50 bits per heavy atom. The molecule has 2 N–H and O–H groups in total. The molecule has 22 heavy (non-hydrogen) atoms. The van der Waals surface area contributed by atoms with Crippen molar-refractivity contribution in [1.82, 2.24) is 0 Å². The third-order valence-corrected chi connectivity index (χ3v) is 3.70. The summed E-state index contributed by atoms with van der Waals surface area (Å²) in [5.74, 6) is -0.137. The van der Waals surface area contributed by atoms with E-state index >= 15 is 0 Å². The van der Waals surface area contributed by atoms with Crippen molar-refractivity contribution in [2.24, 2.45) is 0 Å². The lowest BCUT2D eigenvalue weighted by molar-refractivity contribution is -0.144. The summed E-state index contributed by atoms with van der Waals surface area (Å²) in [6.07, 6.45) is 1.40. The molecule has 0 amide bonds. The van der Waals surface area contributed by atoms with Crippen molar-refractivity contribution in [3.63, 3.8) is 0 Å². The quantitative estimate of drug-likeness (QED) is 0.734. The van der Waals surface area contributed by atoms with Gasteiger partial charge in [0.25, 0.3) is 0 Å². The van der Waals surface area contributed by atoms with Gasteiger partial charge in [0.05, 0.1) is 30.2 Å². The van der Waals surface area contributed by atoms with Crippen LogP contribution in [0.15, 0.2) is 39.4 Å². The second-order valence-electron chi connectivity index (χ2n) is 4.47. The molecule has 2 rings (SSSR count). The van der Waals surface area contributed by atoms with Crippen molar-refractivity contribution in [3.05, 3.63) is 51.3 Å². The molecule has 1 atom stereocenters. The molecule has 1 unspecified atom stereocenters. The van der Waals surface area contributed by atoms with Crippen molar-refractivity contribution < 1.29 is 19.1 Å². The first-order valence-electron chi connectivity index (χ1n) is 6.61. The summed E-state index contributed by atoms with van der Waals surface area (Å²) in [6, 6.07) is 6.01. The molecule has 5 nitrogen and oxygen atoms in total. The van der Waals surface area contributed by atoms with E-state index in [1.807, 2.05) is 0 Å². The van der Waals surface area contributed by atoms with Gasteiger partial charge in [-0.2, -0.15) is 0 Å². The van der Waals surface area contributed by atoms with Gasteiger partial charge in [0.15, 0.2) is 6.04 Å². The number of ether oxygens (including phenoxy) is 1. The first-order valence-corrected chi connectivity index (χ1v) is 7.78. The summed E-state index contributed by atoms with van der Waals surface area (Å²) in [5, 5.41) is 12.6. The second-order valence-corrected chi connectivity index (χ2v) is 5.79. The number of rotatable bonds is 6. The third-order valence-electron chi connectivity index (χ3n) is 2.89. The van der Waals surface area contributed by atoms with Crippen molar-refractivity contribution in [3.8, 4) is 0 Å². The van der Waals surface area contributed by atoms with E-state index < -0.39 is 12.0 Å². The fourth-order valence-electron chi connectivity index (χ4n) is 1.86. The minimum absolute atomic E-state index is 0.169. The molecular weight excluding hydrogens is 374 g/mol. The molecule has 1 aromatic heterocycles. The van der Waals surface area contributed by atoms with E-state index in [9.17, 15) is 4.79 Å². The van der Waals surface area contributed by atoms with E-state index in [1.165, 1.54) is 6.26 Å². The molecule has 0 saturated heterocycles. The van der Waals surface area contributed by atoms with Crippen LogP contribution in [0.5, 0.6) is 0 Å². The van der Waals surface area contributed by atoms with Gasteiger partial charge in [-0.3, -0.25) is 0 Å². The Balaban J connectivity index is 2.29. The van der Waals surface area contributed by atoms with E-state index in [0.29, 0.717) is 22.0 Å². The Bertz CT molecular complexity index is 659. The lowest BCUT2D eigenvalue weighted by Gasteiger charge is -2.17. The van der Waals surface area contributed by atoms with Crippen LogP contribution in [0.25, 0.3) is 0 Å². The number of esters is 1. The molecule has 1 heterocycles. The van der Waals surface area contributed by atoms with Crippen LogP contribution in [0.4, 0.5) is 5.69 Å². The zero-order valence-electron chi connectivity index (χ0n) is 11.8. The summed E-state index contributed by atoms with van der Waals surface area (Å²) in [4.78, 5) is 12.2. The zero-order chi connectivity index (χ0) is 16.1. The molecule has 1 aromatic carbocycles. The summed E-state index contributed by atoms with van der Waals surface area (Å²) < 4.78 is 11.2. The van der Waals surface area contributed by atoms with Gasteiger partial charge >= 0.3 is 5.97 Å². The van der Waals surface area contributed by atoms with Crippen LogP contribution in [0, 0.1) is 0 Å². The van der Waals surface area contributed by atoms with Gasteiger partial charge in [0.1, 0.15) is 5.76 Å². The molecule has 0 spiro atoms. The van der Waals surface area contributed by atoms with Gasteiger partial charge in [-0.25, -0.2) is 4.79 Å². The van der Waals surface area contributed by atoms with Gasteiger partial charge in [0.2, 0.25) is 0 Å². The maximum Gasteiger partial charge on any atom is 0.336 e. The highest BCUT2D eigenvalue weighted by Crippen LogP contribution is 2.30. The number of furan rings is 1. The standard InChI is InChI=1S/C15H15BrClNO4/c1-2-21-15(20)14(13-5-9(7-19)8-22-13)18-12-4-3-10(16)6-11(12)17/h3-6,8,14,18-19H,2,7H2,1H3. The van der Waals surface area contributed by atoms with Gasteiger partial charge < -0.3 is 19.6 Å². The number of carbonyl (C=O) groups is 1. The summed E-state index contributed by atoms with van der Waals surface area (Å²) in [6.45, 7) is 1.81. The van der Waals surface area contributed by atoms with Crippen LogP contribution in [-0.4, -0.2) is 17.7 Å². The van der Waals surface area contributed by atoms with Gasteiger partial charge in [-0.05, 0) is 31.2 Å².